The van der Waals surface area contributed by atoms with E-state index >= 15 is 0 Å². The maximum atomic E-state index is 11.9. The molecular formula is C16H25N3O. The lowest BCUT2D eigenvalue weighted by molar-refractivity contribution is -0.127. The molecule has 1 unspecified atom stereocenters. The van der Waals surface area contributed by atoms with Gasteiger partial charge in [-0.2, -0.15) is 0 Å². The van der Waals surface area contributed by atoms with Gasteiger partial charge in [0.1, 0.15) is 5.54 Å². The molecule has 1 aromatic rings. The van der Waals surface area contributed by atoms with Crippen molar-refractivity contribution in [3.8, 4) is 0 Å². The maximum absolute atomic E-state index is 11.9. The maximum Gasteiger partial charge on any atom is 0.239 e. The minimum Gasteiger partial charge on any atom is -0.368 e. The van der Waals surface area contributed by atoms with E-state index in [0.29, 0.717) is 6.54 Å². The monoisotopic (exact) mass is 275 g/mol. The van der Waals surface area contributed by atoms with Crippen LogP contribution in [0.4, 0.5) is 0 Å². The zero-order valence-corrected chi connectivity index (χ0v) is 12.4. The highest BCUT2D eigenvalue weighted by molar-refractivity contribution is 5.85. The van der Waals surface area contributed by atoms with Crippen molar-refractivity contribution in [2.75, 3.05) is 13.1 Å². The molecule has 4 heteroatoms. The van der Waals surface area contributed by atoms with Gasteiger partial charge in [-0.1, -0.05) is 30.3 Å². The molecule has 1 saturated heterocycles. The second kappa shape index (κ2) is 6.37. The number of piperidine rings is 1. The van der Waals surface area contributed by atoms with Crippen molar-refractivity contribution >= 4 is 5.91 Å². The van der Waals surface area contributed by atoms with E-state index in [9.17, 15) is 4.79 Å². The fraction of sp³-hybridized carbons (Fsp3) is 0.562. The van der Waals surface area contributed by atoms with E-state index in [1.807, 2.05) is 18.2 Å². The summed E-state index contributed by atoms with van der Waals surface area (Å²) in [6, 6.07) is 10.6. The standard InChI is InChI=1S/C16H25N3O/c1-13(2)18-16(15(17)20)9-6-10-19(12-16)11-14-7-4-3-5-8-14/h3-5,7-8,13,18H,6,9-12H2,1-2H3,(H2,17,20). The lowest BCUT2D eigenvalue weighted by Crippen LogP contribution is -2.65. The number of primary amides is 1. The van der Waals surface area contributed by atoms with Gasteiger partial charge in [-0.15, -0.1) is 0 Å². The molecule has 0 spiro atoms. The smallest absolute Gasteiger partial charge is 0.239 e. The van der Waals surface area contributed by atoms with E-state index in [4.69, 9.17) is 5.73 Å². The summed E-state index contributed by atoms with van der Waals surface area (Å²) in [7, 11) is 0. The van der Waals surface area contributed by atoms with Crippen LogP contribution < -0.4 is 11.1 Å². The van der Waals surface area contributed by atoms with Crippen molar-refractivity contribution < 1.29 is 4.79 Å². The average molecular weight is 275 g/mol. The molecule has 1 aliphatic heterocycles. The third-order valence-electron chi connectivity index (χ3n) is 3.86. The van der Waals surface area contributed by atoms with Crippen molar-refractivity contribution in [1.29, 1.82) is 0 Å². The number of likely N-dealkylation sites (tertiary alicyclic amines) is 1. The summed E-state index contributed by atoms with van der Waals surface area (Å²) in [6.07, 6.45) is 1.82. The summed E-state index contributed by atoms with van der Waals surface area (Å²) >= 11 is 0. The van der Waals surface area contributed by atoms with Crippen molar-refractivity contribution in [3.05, 3.63) is 35.9 Å². The lowest BCUT2D eigenvalue weighted by Gasteiger charge is -2.42. The highest BCUT2D eigenvalue weighted by Crippen LogP contribution is 2.23. The molecule has 0 radical (unpaired) electrons. The number of rotatable bonds is 5. The van der Waals surface area contributed by atoms with Crippen LogP contribution >= 0.6 is 0 Å². The highest BCUT2D eigenvalue weighted by Gasteiger charge is 2.40. The lowest BCUT2D eigenvalue weighted by atomic mass is 9.87. The van der Waals surface area contributed by atoms with Gasteiger partial charge < -0.3 is 11.1 Å². The Bertz CT molecular complexity index is 446. The van der Waals surface area contributed by atoms with Crippen LogP contribution in [0.5, 0.6) is 0 Å². The van der Waals surface area contributed by atoms with Gasteiger partial charge in [-0.05, 0) is 38.8 Å². The zero-order valence-electron chi connectivity index (χ0n) is 12.4. The van der Waals surface area contributed by atoms with E-state index < -0.39 is 5.54 Å². The Balaban J connectivity index is 2.08. The van der Waals surface area contributed by atoms with Gasteiger partial charge >= 0.3 is 0 Å². The fourth-order valence-corrected chi connectivity index (χ4v) is 3.06. The molecule has 2 rings (SSSR count). The number of nitrogens with zero attached hydrogens (tertiary/aromatic N) is 1. The third kappa shape index (κ3) is 3.58. The predicted octanol–water partition coefficient (Wildman–Crippen LogP) is 1.50. The number of carbonyl (C=O) groups is 1. The van der Waals surface area contributed by atoms with E-state index in [-0.39, 0.29) is 11.9 Å². The topological polar surface area (TPSA) is 58.4 Å². The number of nitrogens with two attached hydrogens (primary N) is 1. The fourth-order valence-electron chi connectivity index (χ4n) is 3.06. The van der Waals surface area contributed by atoms with Crippen LogP contribution in [0, 0.1) is 0 Å². The van der Waals surface area contributed by atoms with Gasteiger partial charge in [0, 0.05) is 19.1 Å². The quantitative estimate of drug-likeness (QED) is 0.856. The number of hydrogen-bond acceptors (Lipinski definition) is 3. The second-order valence-corrected chi connectivity index (χ2v) is 6.05. The zero-order chi connectivity index (χ0) is 14.6. The number of hydrogen-bond donors (Lipinski definition) is 2. The summed E-state index contributed by atoms with van der Waals surface area (Å²) in [5, 5.41) is 3.39. The normalized spacial score (nSPS) is 23.9. The first kappa shape index (κ1) is 15.0. The molecule has 1 amide bonds. The Hall–Kier alpha value is -1.39. The first-order valence-electron chi connectivity index (χ1n) is 7.36. The molecule has 0 saturated carbocycles. The van der Waals surface area contributed by atoms with E-state index in [0.717, 1.165) is 25.9 Å². The largest absolute Gasteiger partial charge is 0.368 e. The summed E-state index contributed by atoms with van der Waals surface area (Å²) in [5.41, 5.74) is 6.37. The summed E-state index contributed by atoms with van der Waals surface area (Å²) in [4.78, 5) is 14.3. The minimum atomic E-state index is -0.582. The minimum absolute atomic E-state index is 0.232. The van der Waals surface area contributed by atoms with E-state index in [1.54, 1.807) is 0 Å². The number of carbonyl (C=O) groups excluding carboxylic acids is 1. The molecule has 4 nitrogen and oxygen atoms in total. The molecule has 20 heavy (non-hydrogen) atoms. The molecule has 1 fully saturated rings. The van der Waals surface area contributed by atoms with Crippen molar-refractivity contribution in [2.45, 2.75) is 44.8 Å². The van der Waals surface area contributed by atoms with Crippen molar-refractivity contribution in [2.24, 2.45) is 5.73 Å². The van der Waals surface area contributed by atoms with Crippen LogP contribution in [-0.2, 0) is 11.3 Å². The first-order chi connectivity index (χ1) is 9.52. The summed E-state index contributed by atoms with van der Waals surface area (Å²) < 4.78 is 0. The number of nitrogens with one attached hydrogen (secondary N) is 1. The van der Waals surface area contributed by atoms with Gasteiger partial charge in [0.25, 0.3) is 0 Å². The SMILES string of the molecule is CC(C)NC1(C(N)=O)CCCN(Cc2ccccc2)C1. The predicted molar refractivity (Wildman–Crippen MR) is 81.2 cm³/mol. The van der Waals surface area contributed by atoms with Crippen LogP contribution in [0.15, 0.2) is 30.3 Å². The summed E-state index contributed by atoms with van der Waals surface area (Å²) in [6.45, 7) is 6.69. The van der Waals surface area contributed by atoms with Crippen LogP contribution in [-0.4, -0.2) is 35.5 Å². The van der Waals surface area contributed by atoms with Gasteiger partial charge in [0.05, 0.1) is 0 Å². The Labute approximate surface area is 121 Å². The molecule has 0 bridgehead atoms. The number of amides is 1. The van der Waals surface area contributed by atoms with Crippen LogP contribution in [0.25, 0.3) is 0 Å². The third-order valence-corrected chi connectivity index (χ3v) is 3.86. The van der Waals surface area contributed by atoms with Gasteiger partial charge in [0.15, 0.2) is 0 Å². The first-order valence-corrected chi connectivity index (χ1v) is 7.36. The van der Waals surface area contributed by atoms with Crippen LogP contribution in [0.1, 0.15) is 32.3 Å². The van der Waals surface area contributed by atoms with Crippen LogP contribution in [0.2, 0.25) is 0 Å². The number of benzene rings is 1. The van der Waals surface area contributed by atoms with Crippen molar-refractivity contribution in [1.82, 2.24) is 10.2 Å². The molecule has 1 heterocycles. The van der Waals surface area contributed by atoms with Gasteiger partial charge in [-0.3, -0.25) is 9.69 Å². The van der Waals surface area contributed by atoms with E-state index in [1.165, 1.54) is 5.56 Å². The Morgan fingerprint density at radius 3 is 2.70 bits per heavy atom. The highest BCUT2D eigenvalue weighted by atomic mass is 16.1. The molecule has 1 aliphatic rings. The molecule has 1 atom stereocenters. The second-order valence-electron chi connectivity index (χ2n) is 6.05. The Morgan fingerprint density at radius 1 is 1.40 bits per heavy atom. The Morgan fingerprint density at radius 2 is 2.10 bits per heavy atom. The molecule has 110 valence electrons. The van der Waals surface area contributed by atoms with E-state index in [2.05, 4.69) is 36.2 Å². The average Bonchev–Trinajstić information content (AvgIpc) is 2.39. The van der Waals surface area contributed by atoms with Crippen molar-refractivity contribution in [3.63, 3.8) is 0 Å². The molecule has 0 aliphatic carbocycles. The molecule has 1 aromatic carbocycles. The summed E-state index contributed by atoms with van der Waals surface area (Å²) in [5.74, 6) is -0.232. The molecular weight excluding hydrogens is 250 g/mol. The van der Waals surface area contributed by atoms with Crippen LogP contribution in [0.3, 0.4) is 0 Å². The Kier molecular flexibility index (Phi) is 4.78. The molecule has 0 aromatic heterocycles. The van der Waals surface area contributed by atoms with Gasteiger partial charge in [-0.25, -0.2) is 0 Å². The van der Waals surface area contributed by atoms with Gasteiger partial charge in [0.2, 0.25) is 5.91 Å². The molecule has 3 N–H and O–H groups in total.